The Kier molecular flexibility index (Phi) is 6.38. The van der Waals surface area contributed by atoms with Crippen molar-refractivity contribution in [2.24, 2.45) is 0 Å². The van der Waals surface area contributed by atoms with Gasteiger partial charge in [0.2, 0.25) is 5.91 Å². The fourth-order valence-corrected chi connectivity index (χ4v) is 1.36. The molecule has 1 amide bonds. The Morgan fingerprint density at radius 2 is 1.94 bits per heavy atom. The topological polar surface area (TPSA) is 37.4 Å². The minimum Gasteiger partial charge on any atom is -0.337 e. The summed E-state index contributed by atoms with van der Waals surface area (Å²) in [6.45, 7) is 13.2. The maximum atomic E-state index is 11.5. The number of Topliss-reactive ketones (excluding diaryl/α,β-unsaturated/α-hetero) is 1. The first-order chi connectivity index (χ1) is 7.40. The Labute approximate surface area is 97.8 Å². The average Bonchev–Trinajstić information content (AvgIpc) is 2.22. The molecule has 0 atom stereocenters. The van der Waals surface area contributed by atoms with E-state index >= 15 is 0 Å². The van der Waals surface area contributed by atoms with Crippen molar-refractivity contribution in [2.75, 3.05) is 6.54 Å². The minimum absolute atomic E-state index is 0.0646. The number of carbonyl (C=O) groups is 2. The van der Waals surface area contributed by atoms with E-state index in [-0.39, 0.29) is 17.7 Å². The van der Waals surface area contributed by atoms with Crippen LogP contribution in [0, 0.1) is 0 Å². The van der Waals surface area contributed by atoms with Gasteiger partial charge in [-0.05, 0) is 38.8 Å². The summed E-state index contributed by atoms with van der Waals surface area (Å²) in [4.78, 5) is 24.5. The molecule has 0 unspecified atom stereocenters. The van der Waals surface area contributed by atoms with E-state index in [9.17, 15) is 9.59 Å². The standard InChI is InChI=1S/C13H21NO2/c1-6-13(16)14(11(4)5)9-7-8-12(15)10(2)3/h6,11H,1-2,7-9H2,3-5H3. The van der Waals surface area contributed by atoms with Crippen LogP contribution in [0.25, 0.3) is 0 Å². The predicted octanol–water partition coefficient (Wildman–Crippen LogP) is 2.33. The summed E-state index contributed by atoms with van der Waals surface area (Å²) in [7, 11) is 0. The van der Waals surface area contributed by atoms with Gasteiger partial charge in [-0.2, -0.15) is 0 Å². The number of nitrogens with zero attached hydrogens (tertiary/aromatic N) is 1. The highest BCUT2D eigenvalue weighted by atomic mass is 16.2. The highest BCUT2D eigenvalue weighted by Crippen LogP contribution is 2.05. The second-order valence-corrected chi connectivity index (χ2v) is 4.14. The SMILES string of the molecule is C=CC(=O)N(CCCC(=O)C(=C)C)C(C)C. The molecular weight excluding hydrogens is 202 g/mol. The summed E-state index contributed by atoms with van der Waals surface area (Å²) in [5, 5.41) is 0. The van der Waals surface area contributed by atoms with E-state index in [4.69, 9.17) is 0 Å². The van der Waals surface area contributed by atoms with Crippen LogP contribution in [0.2, 0.25) is 0 Å². The van der Waals surface area contributed by atoms with Gasteiger partial charge in [-0.15, -0.1) is 0 Å². The molecule has 0 aliphatic heterocycles. The fraction of sp³-hybridized carbons (Fsp3) is 0.538. The summed E-state index contributed by atoms with van der Waals surface area (Å²) < 4.78 is 0. The minimum atomic E-state index is -0.0854. The Morgan fingerprint density at radius 3 is 2.31 bits per heavy atom. The molecule has 0 aromatic heterocycles. The van der Waals surface area contributed by atoms with Gasteiger partial charge in [0, 0.05) is 19.0 Å². The van der Waals surface area contributed by atoms with Crippen molar-refractivity contribution < 1.29 is 9.59 Å². The van der Waals surface area contributed by atoms with Crippen LogP contribution in [0.4, 0.5) is 0 Å². The third-order valence-electron chi connectivity index (χ3n) is 2.36. The molecule has 0 aromatic carbocycles. The Bertz CT molecular complexity index is 292. The van der Waals surface area contributed by atoms with Gasteiger partial charge in [0.05, 0.1) is 0 Å². The number of hydrogen-bond donors (Lipinski definition) is 0. The predicted molar refractivity (Wildman–Crippen MR) is 66.1 cm³/mol. The summed E-state index contributed by atoms with van der Waals surface area (Å²) in [6, 6.07) is 0.130. The summed E-state index contributed by atoms with van der Waals surface area (Å²) in [6.07, 6.45) is 2.42. The van der Waals surface area contributed by atoms with E-state index < -0.39 is 0 Å². The number of hydrogen-bond acceptors (Lipinski definition) is 2. The summed E-state index contributed by atoms with van der Waals surface area (Å²) in [5.74, 6) is -0.0208. The van der Waals surface area contributed by atoms with E-state index in [1.165, 1.54) is 6.08 Å². The smallest absolute Gasteiger partial charge is 0.246 e. The van der Waals surface area contributed by atoms with Gasteiger partial charge < -0.3 is 4.90 Å². The van der Waals surface area contributed by atoms with Gasteiger partial charge in [0.25, 0.3) is 0 Å². The van der Waals surface area contributed by atoms with Crippen LogP contribution in [-0.4, -0.2) is 29.2 Å². The monoisotopic (exact) mass is 223 g/mol. The van der Waals surface area contributed by atoms with Gasteiger partial charge in [0.15, 0.2) is 5.78 Å². The zero-order valence-electron chi connectivity index (χ0n) is 10.5. The van der Waals surface area contributed by atoms with E-state index in [1.54, 1.807) is 11.8 Å². The first-order valence-electron chi connectivity index (χ1n) is 5.52. The van der Waals surface area contributed by atoms with Crippen molar-refractivity contribution in [2.45, 2.75) is 39.7 Å². The number of carbonyl (C=O) groups excluding carboxylic acids is 2. The molecule has 0 aliphatic carbocycles. The van der Waals surface area contributed by atoms with Crippen molar-refractivity contribution in [1.29, 1.82) is 0 Å². The van der Waals surface area contributed by atoms with Crippen LogP contribution in [0.3, 0.4) is 0 Å². The molecule has 0 aromatic rings. The van der Waals surface area contributed by atoms with Crippen LogP contribution < -0.4 is 0 Å². The lowest BCUT2D eigenvalue weighted by atomic mass is 10.1. The molecule has 0 heterocycles. The lowest BCUT2D eigenvalue weighted by molar-refractivity contribution is -0.128. The molecule has 0 fully saturated rings. The zero-order valence-corrected chi connectivity index (χ0v) is 10.5. The van der Waals surface area contributed by atoms with Crippen molar-refractivity contribution in [3.8, 4) is 0 Å². The molecule has 0 aliphatic rings. The maximum absolute atomic E-state index is 11.5. The molecule has 3 nitrogen and oxygen atoms in total. The number of rotatable bonds is 7. The van der Waals surface area contributed by atoms with E-state index in [2.05, 4.69) is 13.2 Å². The van der Waals surface area contributed by atoms with Crippen molar-refractivity contribution >= 4 is 11.7 Å². The summed E-state index contributed by atoms with van der Waals surface area (Å²) in [5.41, 5.74) is 0.575. The average molecular weight is 223 g/mol. The maximum Gasteiger partial charge on any atom is 0.246 e. The van der Waals surface area contributed by atoms with Gasteiger partial charge in [0.1, 0.15) is 0 Å². The Morgan fingerprint density at radius 1 is 1.38 bits per heavy atom. The lowest BCUT2D eigenvalue weighted by Crippen LogP contribution is -2.36. The Balaban J connectivity index is 4.14. The van der Waals surface area contributed by atoms with E-state index in [1.807, 2.05) is 13.8 Å². The normalized spacial score (nSPS) is 10.0. The molecular formula is C13H21NO2. The second kappa shape index (κ2) is 6.99. The van der Waals surface area contributed by atoms with Crippen LogP contribution in [0.1, 0.15) is 33.6 Å². The molecule has 90 valence electrons. The van der Waals surface area contributed by atoms with Gasteiger partial charge in [-0.3, -0.25) is 9.59 Å². The Hall–Kier alpha value is -1.38. The molecule has 0 saturated heterocycles. The third kappa shape index (κ3) is 4.91. The first-order valence-corrected chi connectivity index (χ1v) is 5.52. The van der Waals surface area contributed by atoms with Gasteiger partial charge >= 0.3 is 0 Å². The molecule has 0 rings (SSSR count). The molecule has 0 N–H and O–H groups in total. The first kappa shape index (κ1) is 14.6. The van der Waals surface area contributed by atoms with E-state index in [0.29, 0.717) is 25.0 Å². The molecule has 0 saturated carbocycles. The lowest BCUT2D eigenvalue weighted by Gasteiger charge is -2.25. The quantitative estimate of drug-likeness (QED) is 0.621. The van der Waals surface area contributed by atoms with Crippen LogP contribution in [-0.2, 0) is 9.59 Å². The van der Waals surface area contributed by atoms with Crippen molar-refractivity contribution in [3.63, 3.8) is 0 Å². The highest BCUT2D eigenvalue weighted by molar-refractivity contribution is 5.94. The van der Waals surface area contributed by atoms with E-state index in [0.717, 1.165) is 0 Å². The van der Waals surface area contributed by atoms with Crippen LogP contribution in [0.15, 0.2) is 24.8 Å². The largest absolute Gasteiger partial charge is 0.337 e. The highest BCUT2D eigenvalue weighted by Gasteiger charge is 2.14. The third-order valence-corrected chi connectivity index (χ3v) is 2.36. The molecule has 3 heteroatoms. The van der Waals surface area contributed by atoms with Crippen molar-refractivity contribution in [1.82, 2.24) is 4.90 Å². The zero-order chi connectivity index (χ0) is 12.7. The van der Waals surface area contributed by atoms with Gasteiger partial charge in [-0.25, -0.2) is 0 Å². The fourth-order valence-electron chi connectivity index (χ4n) is 1.36. The molecule has 0 bridgehead atoms. The number of amides is 1. The van der Waals surface area contributed by atoms with Crippen LogP contribution in [0.5, 0.6) is 0 Å². The number of ketones is 1. The molecule has 16 heavy (non-hydrogen) atoms. The molecule has 0 radical (unpaired) electrons. The van der Waals surface area contributed by atoms with Crippen LogP contribution >= 0.6 is 0 Å². The van der Waals surface area contributed by atoms with Crippen molar-refractivity contribution in [3.05, 3.63) is 24.8 Å². The van der Waals surface area contributed by atoms with Gasteiger partial charge in [-0.1, -0.05) is 13.2 Å². The number of allylic oxidation sites excluding steroid dienone is 1. The summed E-state index contributed by atoms with van der Waals surface area (Å²) >= 11 is 0. The molecule has 0 spiro atoms. The second-order valence-electron chi connectivity index (χ2n) is 4.14.